The average Bonchev–Trinajstić information content (AvgIpc) is 3.03. The molecule has 4 nitrogen and oxygen atoms in total. The molecular weight excluding hydrogens is 345 g/mol. The molecule has 4 rings (SSSR count). The van der Waals surface area contributed by atoms with Gasteiger partial charge in [0.25, 0.3) is 0 Å². The van der Waals surface area contributed by atoms with E-state index in [0.29, 0.717) is 16.6 Å². The van der Waals surface area contributed by atoms with Crippen molar-refractivity contribution in [3.05, 3.63) is 45.9 Å². The summed E-state index contributed by atoms with van der Waals surface area (Å²) in [5.74, 6) is 1.76. The largest absolute Gasteiger partial charge is 0.427 e. The number of hydrogen-bond donors (Lipinski definition) is 1. The van der Waals surface area contributed by atoms with Crippen LogP contribution in [0.25, 0.3) is 0 Å². The maximum Gasteiger partial charge on any atom is 0.221 e. The molecule has 0 unspecified atom stereocenters. The van der Waals surface area contributed by atoms with E-state index in [1.165, 1.54) is 25.7 Å². The topological polar surface area (TPSA) is 50.4 Å². The van der Waals surface area contributed by atoms with Gasteiger partial charge < -0.3 is 9.73 Å². The minimum atomic E-state index is 0.0678. The van der Waals surface area contributed by atoms with Crippen LogP contribution in [0.3, 0.4) is 0 Å². The Labute approximate surface area is 151 Å². The summed E-state index contributed by atoms with van der Waals surface area (Å²) in [6.07, 6.45) is 8.48. The minimum absolute atomic E-state index is 0.0678. The molecule has 1 fully saturated rings. The van der Waals surface area contributed by atoms with Crippen molar-refractivity contribution in [2.75, 3.05) is 5.32 Å². The number of nitrogens with zero attached hydrogens (tertiary/aromatic N) is 2. The first-order valence-corrected chi connectivity index (χ1v) is 9.10. The predicted octanol–water partition coefficient (Wildman–Crippen LogP) is 5.50. The summed E-state index contributed by atoms with van der Waals surface area (Å²) in [7, 11) is 0. The zero-order chi connectivity index (χ0) is 16.6. The molecule has 1 aliphatic carbocycles. The van der Waals surface area contributed by atoms with Gasteiger partial charge in [0.2, 0.25) is 5.88 Å². The lowest BCUT2D eigenvalue weighted by Crippen LogP contribution is -2.43. The van der Waals surface area contributed by atoms with Gasteiger partial charge in [0.1, 0.15) is 11.5 Å². The summed E-state index contributed by atoms with van der Waals surface area (Å²) in [4.78, 5) is 9.26. The van der Waals surface area contributed by atoms with Crippen molar-refractivity contribution >= 4 is 34.9 Å². The third-order valence-corrected chi connectivity index (χ3v) is 5.83. The van der Waals surface area contributed by atoms with Gasteiger partial charge in [0, 0.05) is 11.8 Å². The first kappa shape index (κ1) is 16.0. The third-order valence-electron chi connectivity index (χ3n) is 5.10. The number of benzene rings is 1. The maximum atomic E-state index is 6.11. The molecule has 2 aromatic rings. The predicted molar refractivity (Wildman–Crippen MR) is 96.9 cm³/mol. The Hall–Kier alpha value is -1.52. The van der Waals surface area contributed by atoms with Crippen LogP contribution in [-0.4, -0.2) is 10.8 Å². The minimum Gasteiger partial charge on any atom is -0.427 e. The first-order chi connectivity index (χ1) is 11.7. The molecule has 6 heteroatoms. The second-order valence-electron chi connectivity index (χ2n) is 6.68. The Kier molecular flexibility index (Phi) is 4.27. The summed E-state index contributed by atoms with van der Waals surface area (Å²) in [5, 5.41) is 4.53. The fourth-order valence-corrected chi connectivity index (χ4v) is 4.12. The van der Waals surface area contributed by atoms with E-state index in [-0.39, 0.29) is 5.41 Å². The van der Waals surface area contributed by atoms with Crippen LogP contribution in [0.5, 0.6) is 0 Å². The van der Waals surface area contributed by atoms with Gasteiger partial charge in [0.15, 0.2) is 6.39 Å². The molecule has 2 aliphatic rings. The highest BCUT2D eigenvalue weighted by atomic mass is 35.5. The SMILES string of the molecule is Clc1ccc(CN=C2Nc3ocnc3CC23CCCCC3)cc1Cl. The van der Waals surface area contributed by atoms with Gasteiger partial charge in [-0.05, 0) is 30.5 Å². The van der Waals surface area contributed by atoms with Crippen LogP contribution in [-0.2, 0) is 13.0 Å². The van der Waals surface area contributed by atoms with E-state index in [2.05, 4.69) is 10.3 Å². The molecule has 1 N–H and O–H groups in total. The zero-order valence-corrected chi connectivity index (χ0v) is 14.8. The van der Waals surface area contributed by atoms with Crippen molar-refractivity contribution in [3.8, 4) is 0 Å². The van der Waals surface area contributed by atoms with Crippen LogP contribution in [0.2, 0.25) is 10.0 Å². The number of anilines is 1. The summed E-state index contributed by atoms with van der Waals surface area (Å²) in [6, 6.07) is 5.66. The standard InChI is InChI=1S/C18H19Cl2N3O/c19-13-5-4-12(8-14(13)20)10-21-17-18(6-2-1-3-7-18)9-15-16(23-17)24-11-22-15/h4-5,8,11H,1-3,6-7,9-10H2,(H,21,23). The van der Waals surface area contributed by atoms with Crippen molar-refractivity contribution < 1.29 is 4.42 Å². The number of oxazole rings is 1. The summed E-state index contributed by atoms with van der Waals surface area (Å²) < 4.78 is 5.47. The second kappa shape index (κ2) is 6.41. The highest BCUT2D eigenvalue weighted by molar-refractivity contribution is 6.42. The van der Waals surface area contributed by atoms with E-state index in [1.54, 1.807) is 0 Å². The molecule has 1 aliphatic heterocycles. The monoisotopic (exact) mass is 363 g/mol. The third kappa shape index (κ3) is 2.93. The van der Waals surface area contributed by atoms with E-state index in [9.17, 15) is 0 Å². The van der Waals surface area contributed by atoms with Crippen LogP contribution in [0, 0.1) is 5.41 Å². The Morgan fingerprint density at radius 2 is 2.00 bits per heavy atom. The van der Waals surface area contributed by atoms with Gasteiger partial charge in [0.05, 0.1) is 16.6 Å². The molecule has 1 aromatic carbocycles. The molecule has 0 saturated heterocycles. The number of fused-ring (bicyclic) bond motifs is 1. The molecule has 1 spiro atoms. The molecule has 0 radical (unpaired) electrons. The van der Waals surface area contributed by atoms with Crippen molar-refractivity contribution in [2.45, 2.75) is 45.1 Å². The van der Waals surface area contributed by atoms with Crippen LogP contribution in [0.4, 0.5) is 5.88 Å². The maximum absolute atomic E-state index is 6.11. The molecule has 126 valence electrons. The number of halogens is 2. The number of hydrogen-bond acceptors (Lipinski definition) is 3. The molecule has 2 heterocycles. The second-order valence-corrected chi connectivity index (χ2v) is 7.50. The highest BCUT2D eigenvalue weighted by Crippen LogP contribution is 2.44. The first-order valence-electron chi connectivity index (χ1n) is 8.35. The lowest BCUT2D eigenvalue weighted by molar-refractivity contribution is 0.275. The van der Waals surface area contributed by atoms with Crippen LogP contribution >= 0.6 is 23.2 Å². The molecule has 1 aromatic heterocycles. The van der Waals surface area contributed by atoms with Gasteiger partial charge in [-0.2, -0.15) is 0 Å². The fourth-order valence-electron chi connectivity index (χ4n) is 3.80. The van der Waals surface area contributed by atoms with Crippen molar-refractivity contribution in [1.82, 2.24) is 4.98 Å². The highest BCUT2D eigenvalue weighted by Gasteiger charge is 2.42. The molecule has 0 atom stereocenters. The molecule has 1 saturated carbocycles. The summed E-state index contributed by atoms with van der Waals surface area (Å²) in [6.45, 7) is 0.574. The molecule has 24 heavy (non-hydrogen) atoms. The molecule has 0 amide bonds. The Morgan fingerprint density at radius 1 is 1.17 bits per heavy atom. The van der Waals surface area contributed by atoms with E-state index >= 15 is 0 Å². The number of amidine groups is 1. The Bertz CT molecular complexity index is 778. The van der Waals surface area contributed by atoms with Crippen LogP contribution in [0.1, 0.15) is 43.4 Å². The van der Waals surface area contributed by atoms with Gasteiger partial charge in [-0.15, -0.1) is 0 Å². The normalized spacial score (nSPS) is 20.8. The van der Waals surface area contributed by atoms with Crippen molar-refractivity contribution in [3.63, 3.8) is 0 Å². The number of aromatic nitrogens is 1. The molecular formula is C18H19Cl2N3O. The van der Waals surface area contributed by atoms with Gasteiger partial charge in [-0.1, -0.05) is 48.5 Å². The lowest BCUT2D eigenvalue weighted by atomic mass is 9.69. The molecule has 0 bridgehead atoms. The van der Waals surface area contributed by atoms with E-state index < -0.39 is 0 Å². The van der Waals surface area contributed by atoms with E-state index in [1.807, 2.05) is 18.2 Å². The summed E-state index contributed by atoms with van der Waals surface area (Å²) >= 11 is 12.1. The fraction of sp³-hybridized carbons (Fsp3) is 0.444. The lowest BCUT2D eigenvalue weighted by Gasteiger charge is -2.40. The quantitative estimate of drug-likeness (QED) is 0.766. The van der Waals surface area contributed by atoms with Crippen molar-refractivity contribution in [2.24, 2.45) is 10.4 Å². The smallest absolute Gasteiger partial charge is 0.221 e. The van der Waals surface area contributed by atoms with Crippen molar-refractivity contribution in [1.29, 1.82) is 0 Å². The van der Waals surface area contributed by atoms with Crippen LogP contribution in [0.15, 0.2) is 34.0 Å². The van der Waals surface area contributed by atoms with E-state index in [4.69, 9.17) is 32.6 Å². The number of aliphatic imine (C=N–C) groups is 1. The summed E-state index contributed by atoms with van der Waals surface area (Å²) in [5.41, 5.74) is 2.14. The van der Waals surface area contributed by atoms with E-state index in [0.717, 1.165) is 42.2 Å². The number of nitrogens with one attached hydrogen (secondary N) is 1. The Balaban J connectivity index is 1.64. The number of rotatable bonds is 2. The van der Waals surface area contributed by atoms with Gasteiger partial charge >= 0.3 is 0 Å². The Morgan fingerprint density at radius 3 is 2.79 bits per heavy atom. The van der Waals surface area contributed by atoms with Gasteiger partial charge in [-0.3, -0.25) is 4.99 Å². The van der Waals surface area contributed by atoms with Gasteiger partial charge in [-0.25, -0.2) is 4.98 Å². The zero-order valence-electron chi connectivity index (χ0n) is 13.3. The average molecular weight is 364 g/mol. The van der Waals surface area contributed by atoms with Crippen LogP contribution < -0.4 is 5.32 Å².